The number of rotatable bonds is 6. The Morgan fingerprint density at radius 1 is 1.24 bits per heavy atom. The lowest BCUT2D eigenvalue weighted by Crippen LogP contribution is -2.23. The zero-order valence-electron chi connectivity index (χ0n) is 12.9. The first-order valence-electron chi connectivity index (χ1n) is 7.13. The summed E-state index contributed by atoms with van der Waals surface area (Å²) in [5.74, 6) is 1.86. The molecule has 0 radical (unpaired) electrons. The molecule has 0 saturated heterocycles. The van der Waals surface area contributed by atoms with E-state index in [1.165, 1.54) is 11.1 Å². The SMILES string of the molecule is COc1ccc(CN(C)c2ncccc2CC(C)N)cc1. The molecule has 0 aliphatic rings. The third-order valence-corrected chi connectivity index (χ3v) is 3.35. The van der Waals surface area contributed by atoms with Crippen LogP contribution < -0.4 is 15.4 Å². The molecule has 21 heavy (non-hydrogen) atoms. The fraction of sp³-hybridized carbons (Fsp3) is 0.353. The van der Waals surface area contributed by atoms with Crippen LogP contribution in [0.25, 0.3) is 0 Å². The normalized spacial score (nSPS) is 12.0. The summed E-state index contributed by atoms with van der Waals surface area (Å²) in [7, 11) is 3.73. The quantitative estimate of drug-likeness (QED) is 0.886. The van der Waals surface area contributed by atoms with Gasteiger partial charge in [-0.2, -0.15) is 0 Å². The fourth-order valence-corrected chi connectivity index (χ4v) is 2.36. The Morgan fingerprint density at radius 3 is 2.57 bits per heavy atom. The van der Waals surface area contributed by atoms with Crippen LogP contribution >= 0.6 is 0 Å². The molecule has 112 valence electrons. The van der Waals surface area contributed by atoms with Crippen LogP contribution in [0.4, 0.5) is 5.82 Å². The summed E-state index contributed by atoms with van der Waals surface area (Å²) in [5, 5.41) is 0. The predicted molar refractivity (Wildman–Crippen MR) is 86.7 cm³/mol. The summed E-state index contributed by atoms with van der Waals surface area (Å²) in [5.41, 5.74) is 8.32. The third kappa shape index (κ3) is 4.20. The van der Waals surface area contributed by atoms with Crippen LogP contribution in [0.5, 0.6) is 5.75 Å². The second kappa shape index (κ2) is 7.09. The first-order valence-corrected chi connectivity index (χ1v) is 7.13. The molecule has 2 aromatic rings. The predicted octanol–water partition coefficient (Wildman–Crippen LogP) is 2.62. The van der Waals surface area contributed by atoms with Gasteiger partial charge in [0.2, 0.25) is 0 Å². The number of hydrogen-bond donors (Lipinski definition) is 1. The van der Waals surface area contributed by atoms with Crippen molar-refractivity contribution in [2.75, 3.05) is 19.1 Å². The molecule has 0 aliphatic heterocycles. The molecular weight excluding hydrogens is 262 g/mol. The van der Waals surface area contributed by atoms with Crippen molar-refractivity contribution in [3.63, 3.8) is 0 Å². The van der Waals surface area contributed by atoms with Crippen LogP contribution in [0.1, 0.15) is 18.1 Å². The van der Waals surface area contributed by atoms with Gasteiger partial charge in [0, 0.05) is 25.8 Å². The molecule has 0 bridgehead atoms. The highest BCUT2D eigenvalue weighted by atomic mass is 16.5. The number of benzene rings is 1. The van der Waals surface area contributed by atoms with Gasteiger partial charge in [-0.1, -0.05) is 18.2 Å². The monoisotopic (exact) mass is 285 g/mol. The zero-order chi connectivity index (χ0) is 15.2. The summed E-state index contributed by atoms with van der Waals surface area (Å²) in [4.78, 5) is 6.66. The van der Waals surface area contributed by atoms with Gasteiger partial charge in [0.05, 0.1) is 7.11 Å². The van der Waals surface area contributed by atoms with E-state index >= 15 is 0 Å². The Hall–Kier alpha value is -2.07. The van der Waals surface area contributed by atoms with Crippen LogP contribution in [0.2, 0.25) is 0 Å². The number of pyridine rings is 1. The number of methoxy groups -OCH3 is 1. The van der Waals surface area contributed by atoms with Crippen molar-refractivity contribution >= 4 is 5.82 Å². The van der Waals surface area contributed by atoms with E-state index < -0.39 is 0 Å². The number of aromatic nitrogens is 1. The molecule has 0 amide bonds. The lowest BCUT2D eigenvalue weighted by atomic mass is 10.1. The zero-order valence-corrected chi connectivity index (χ0v) is 12.9. The smallest absolute Gasteiger partial charge is 0.131 e. The van der Waals surface area contributed by atoms with E-state index in [1.807, 2.05) is 31.3 Å². The molecule has 1 aromatic heterocycles. The van der Waals surface area contributed by atoms with E-state index in [-0.39, 0.29) is 6.04 Å². The number of nitrogens with two attached hydrogens (primary N) is 1. The largest absolute Gasteiger partial charge is 0.497 e. The third-order valence-electron chi connectivity index (χ3n) is 3.35. The summed E-state index contributed by atoms with van der Waals surface area (Å²) >= 11 is 0. The van der Waals surface area contributed by atoms with Gasteiger partial charge in [-0.15, -0.1) is 0 Å². The van der Waals surface area contributed by atoms with E-state index in [9.17, 15) is 0 Å². The van der Waals surface area contributed by atoms with Gasteiger partial charge in [-0.25, -0.2) is 4.98 Å². The van der Waals surface area contributed by atoms with E-state index in [1.54, 1.807) is 7.11 Å². The molecule has 0 aliphatic carbocycles. The van der Waals surface area contributed by atoms with E-state index in [0.29, 0.717) is 0 Å². The molecule has 2 N–H and O–H groups in total. The average molecular weight is 285 g/mol. The lowest BCUT2D eigenvalue weighted by molar-refractivity contribution is 0.414. The Balaban J connectivity index is 2.13. The molecule has 1 unspecified atom stereocenters. The fourth-order valence-electron chi connectivity index (χ4n) is 2.36. The van der Waals surface area contributed by atoms with Crippen LogP contribution in [0.15, 0.2) is 42.6 Å². The maximum atomic E-state index is 5.92. The highest BCUT2D eigenvalue weighted by molar-refractivity contribution is 5.47. The van der Waals surface area contributed by atoms with Crippen molar-refractivity contribution in [2.24, 2.45) is 5.73 Å². The molecule has 0 fully saturated rings. The summed E-state index contributed by atoms with van der Waals surface area (Å²) < 4.78 is 5.18. The second-order valence-electron chi connectivity index (χ2n) is 5.37. The van der Waals surface area contributed by atoms with Crippen molar-refractivity contribution in [3.05, 3.63) is 53.7 Å². The van der Waals surface area contributed by atoms with Crippen molar-refractivity contribution in [1.82, 2.24) is 4.98 Å². The van der Waals surface area contributed by atoms with Crippen LogP contribution in [-0.4, -0.2) is 25.2 Å². The topological polar surface area (TPSA) is 51.4 Å². The van der Waals surface area contributed by atoms with Gasteiger partial charge < -0.3 is 15.4 Å². The number of anilines is 1. The minimum Gasteiger partial charge on any atom is -0.497 e. The molecule has 1 aromatic carbocycles. The maximum Gasteiger partial charge on any atom is 0.131 e. The number of nitrogens with zero attached hydrogens (tertiary/aromatic N) is 2. The minimum absolute atomic E-state index is 0.127. The lowest BCUT2D eigenvalue weighted by Gasteiger charge is -2.22. The first-order chi connectivity index (χ1) is 10.1. The van der Waals surface area contributed by atoms with Gasteiger partial charge >= 0.3 is 0 Å². The summed E-state index contributed by atoms with van der Waals surface area (Å²) in [6.07, 6.45) is 2.65. The van der Waals surface area contributed by atoms with E-state index in [4.69, 9.17) is 10.5 Å². The second-order valence-corrected chi connectivity index (χ2v) is 5.37. The Kier molecular flexibility index (Phi) is 5.17. The Labute approximate surface area is 126 Å². The molecule has 4 nitrogen and oxygen atoms in total. The molecule has 1 heterocycles. The van der Waals surface area contributed by atoms with Gasteiger partial charge in [-0.05, 0) is 42.7 Å². The standard InChI is InChI=1S/C17H23N3O/c1-13(18)11-15-5-4-10-19-17(15)20(2)12-14-6-8-16(21-3)9-7-14/h4-10,13H,11-12,18H2,1-3H3. The number of hydrogen-bond acceptors (Lipinski definition) is 4. The maximum absolute atomic E-state index is 5.92. The molecule has 2 rings (SSSR count). The Morgan fingerprint density at radius 2 is 1.95 bits per heavy atom. The number of ether oxygens (including phenoxy) is 1. The summed E-state index contributed by atoms with van der Waals surface area (Å²) in [6.45, 7) is 2.81. The molecule has 4 heteroatoms. The highest BCUT2D eigenvalue weighted by Crippen LogP contribution is 2.20. The van der Waals surface area contributed by atoms with E-state index in [0.717, 1.165) is 24.5 Å². The molecular formula is C17H23N3O. The average Bonchev–Trinajstić information content (AvgIpc) is 2.48. The molecule has 0 saturated carbocycles. The van der Waals surface area contributed by atoms with Crippen LogP contribution in [0, 0.1) is 0 Å². The summed E-state index contributed by atoms with van der Waals surface area (Å²) in [6, 6.07) is 12.3. The van der Waals surface area contributed by atoms with Crippen molar-refractivity contribution in [2.45, 2.75) is 25.9 Å². The van der Waals surface area contributed by atoms with Crippen molar-refractivity contribution in [3.8, 4) is 5.75 Å². The van der Waals surface area contributed by atoms with Gasteiger partial charge in [-0.3, -0.25) is 0 Å². The Bertz CT molecular complexity index is 567. The highest BCUT2D eigenvalue weighted by Gasteiger charge is 2.10. The molecule has 0 spiro atoms. The van der Waals surface area contributed by atoms with Gasteiger partial charge in [0.25, 0.3) is 0 Å². The first kappa shape index (κ1) is 15.3. The van der Waals surface area contributed by atoms with Gasteiger partial charge in [0.1, 0.15) is 11.6 Å². The van der Waals surface area contributed by atoms with Crippen LogP contribution in [0.3, 0.4) is 0 Å². The molecule has 1 atom stereocenters. The van der Waals surface area contributed by atoms with Crippen molar-refractivity contribution < 1.29 is 4.74 Å². The van der Waals surface area contributed by atoms with Gasteiger partial charge in [0.15, 0.2) is 0 Å². The minimum atomic E-state index is 0.127. The van der Waals surface area contributed by atoms with E-state index in [2.05, 4.69) is 35.1 Å². The van der Waals surface area contributed by atoms with Crippen molar-refractivity contribution in [1.29, 1.82) is 0 Å². The van der Waals surface area contributed by atoms with Crippen LogP contribution in [-0.2, 0) is 13.0 Å².